The monoisotopic (exact) mass is 365 g/mol. The minimum Gasteiger partial charge on any atom is -0.494 e. The van der Waals surface area contributed by atoms with Gasteiger partial charge in [0.25, 0.3) is 0 Å². The molecule has 0 fully saturated rings. The van der Waals surface area contributed by atoms with Gasteiger partial charge in [0.1, 0.15) is 18.6 Å². The Bertz CT molecular complexity index is 840. The normalized spacial score (nSPS) is 20.1. The number of nitrogens with zero attached hydrogens (tertiary/aromatic N) is 3. The average Bonchev–Trinajstić information content (AvgIpc) is 3.24. The molecule has 2 aliphatic heterocycles. The lowest BCUT2D eigenvalue weighted by Gasteiger charge is -2.21. The number of ether oxygens (including phenoxy) is 3. The fourth-order valence-corrected chi connectivity index (χ4v) is 3.26. The lowest BCUT2D eigenvalue weighted by Crippen LogP contribution is -2.12. The summed E-state index contributed by atoms with van der Waals surface area (Å²) in [6.07, 6.45) is 16.6. The SMILES string of the molecule is C1=COC(c2ccc(N=C3COC=CO3)c(CCCn3ccnc3)c2)CC1. The van der Waals surface area contributed by atoms with Gasteiger partial charge in [-0.15, -0.1) is 0 Å². The summed E-state index contributed by atoms with van der Waals surface area (Å²) >= 11 is 0. The molecule has 2 aliphatic rings. The van der Waals surface area contributed by atoms with E-state index in [1.54, 1.807) is 12.5 Å². The quantitative estimate of drug-likeness (QED) is 0.760. The molecule has 0 saturated heterocycles. The van der Waals surface area contributed by atoms with Crippen molar-refractivity contribution in [1.29, 1.82) is 0 Å². The summed E-state index contributed by atoms with van der Waals surface area (Å²) in [6, 6.07) is 6.37. The van der Waals surface area contributed by atoms with Crippen LogP contribution in [0.2, 0.25) is 0 Å². The van der Waals surface area contributed by atoms with Crippen LogP contribution in [0.25, 0.3) is 0 Å². The molecule has 1 aromatic heterocycles. The topological polar surface area (TPSA) is 57.9 Å². The summed E-state index contributed by atoms with van der Waals surface area (Å²) < 4.78 is 18.6. The summed E-state index contributed by atoms with van der Waals surface area (Å²) in [5.41, 5.74) is 3.31. The Morgan fingerprint density at radius 1 is 1.22 bits per heavy atom. The van der Waals surface area contributed by atoms with Gasteiger partial charge in [0.15, 0.2) is 6.61 Å². The molecule has 6 nitrogen and oxygen atoms in total. The van der Waals surface area contributed by atoms with Crippen LogP contribution >= 0.6 is 0 Å². The summed E-state index contributed by atoms with van der Waals surface area (Å²) in [5, 5.41) is 0. The van der Waals surface area contributed by atoms with Crippen LogP contribution in [0.15, 0.2) is 66.8 Å². The van der Waals surface area contributed by atoms with Crippen LogP contribution < -0.4 is 0 Å². The Labute approximate surface area is 158 Å². The van der Waals surface area contributed by atoms with Crippen LogP contribution in [-0.2, 0) is 27.2 Å². The Balaban J connectivity index is 1.54. The summed E-state index contributed by atoms with van der Waals surface area (Å²) in [5.74, 6) is 0.568. The van der Waals surface area contributed by atoms with Crippen LogP contribution in [0.1, 0.15) is 36.5 Å². The maximum Gasteiger partial charge on any atom is 0.232 e. The van der Waals surface area contributed by atoms with E-state index in [4.69, 9.17) is 14.2 Å². The van der Waals surface area contributed by atoms with Crippen molar-refractivity contribution in [2.45, 2.75) is 38.3 Å². The first-order chi connectivity index (χ1) is 13.4. The standard InChI is InChI=1S/C21H23N3O3/c1-2-11-26-20(5-1)18-6-7-19(23-21-15-25-12-13-27-21)17(14-18)4-3-9-24-10-8-22-16-24/h2,6-8,10-14,16,20H,1,3-5,9,15H2. The van der Waals surface area contributed by atoms with Gasteiger partial charge in [-0.05, 0) is 55.0 Å². The predicted molar refractivity (Wildman–Crippen MR) is 102 cm³/mol. The van der Waals surface area contributed by atoms with E-state index in [1.165, 1.54) is 23.7 Å². The average molecular weight is 365 g/mol. The molecule has 2 aromatic rings. The van der Waals surface area contributed by atoms with Gasteiger partial charge in [-0.2, -0.15) is 0 Å². The van der Waals surface area contributed by atoms with Crippen LogP contribution in [0.4, 0.5) is 5.69 Å². The molecule has 0 N–H and O–H groups in total. The summed E-state index contributed by atoms with van der Waals surface area (Å²) in [4.78, 5) is 8.76. The van der Waals surface area contributed by atoms with Gasteiger partial charge in [0.2, 0.25) is 5.90 Å². The Hall–Kier alpha value is -3.02. The second kappa shape index (κ2) is 8.58. The number of rotatable bonds is 6. The van der Waals surface area contributed by atoms with Crippen molar-refractivity contribution in [3.8, 4) is 0 Å². The molecule has 1 atom stereocenters. The lowest BCUT2D eigenvalue weighted by molar-refractivity contribution is 0.125. The number of hydrogen-bond donors (Lipinski definition) is 0. The largest absolute Gasteiger partial charge is 0.494 e. The molecule has 140 valence electrons. The smallest absolute Gasteiger partial charge is 0.232 e. The van der Waals surface area contributed by atoms with Gasteiger partial charge in [0.05, 0.1) is 18.3 Å². The maximum atomic E-state index is 5.79. The Kier molecular flexibility index (Phi) is 5.53. The van der Waals surface area contributed by atoms with E-state index in [0.717, 1.165) is 37.9 Å². The number of aromatic nitrogens is 2. The van der Waals surface area contributed by atoms with Crippen LogP contribution in [0.5, 0.6) is 0 Å². The highest BCUT2D eigenvalue weighted by Gasteiger charge is 2.16. The van der Waals surface area contributed by atoms with Gasteiger partial charge >= 0.3 is 0 Å². The predicted octanol–water partition coefficient (Wildman–Crippen LogP) is 4.43. The van der Waals surface area contributed by atoms with Crippen molar-refractivity contribution in [3.05, 3.63) is 72.9 Å². The van der Waals surface area contributed by atoms with Gasteiger partial charge in [-0.25, -0.2) is 9.98 Å². The zero-order valence-electron chi connectivity index (χ0n) is 15.2. The zero-order chi connectivity index (χ0) is 18.3. The van der Waals surface area contributed by atoms with E-state index in [9.17, 15) is 0 Å². The van der Waals surface area contributed by atoms with Crippen molar-refractivity contribution in [1.82, 2.24) is 9.55 Å². The van der Waals surface area contributed by atoms with E-state index in [-0.39, 0.29) is 6.10 Å². The van der Waals surface area contributed by atoms with Gasteiger partial charge in [-0.1, -0.05) is 6.07 Å². The number of allylic oxidation sites excluding steroid dienone is 1. The van der Waals surface area contributed by atoms with Gasteiger partial charge in [-0.3, -0.25) is 0 Å². The third-order valence-corrected chi connectivity index (χ3v) is 4.64. The fourth-order valence-electron chi connectivity index (χ4n) is 3.26. The van der Waals surface area contributed by atoms with Crippen LogP contribution in [-0.4, -0.2) is 22.1 Å². The molecule has 27 heavy (non-hydrogen) atoms. The minimum atomic E-state index is 0.112. The van der Waals surface area contributed by atoms with Crippen molar-refractivity contribution < 1.29 is 14.2 Å². The van der Waals surface area contributed by atoms with Gasteiger partial charge < -0.3 is 18.8 Å². The molecule has 6 heteroatoms. The third-order valence-electron chi connectivity index (χ3n) is 4.64. The number of aliphatic imine (C=N–C) groups is 1. The van der Waals surface area contributed by atoms with Crippen molar-refractivity contribution >= 4 is 11.6 Å². The van der Waals surface area contributed by atoms with E-state index in [1.807, 2.05) is 12.5 Å². The Morgan fingerprint density at radius 2 is 2.22 bits per heavy atom. The molecule has 0 amide bonds. The van der Waals surface area contributed by atoms with Crippen LogP contribution in [0, 0.1) is 0 Å². The maximum absolute atomic E-state index is 5.79. The van der Waals surface area contributed by atoms with E-state index in [0.29, 0.717) is 12.5 Å². The van der Waals surface area contributed by atoms with Crippen LogP contribution in [0.3, 0.4) is 0 Å². The second-order valence-corrected chi connectivity index (χ2v) is 6.57. The van der Waals surface area contributed by atoms with Gasteiger partial charge in [0, 0.05) is 18.9 Å². The molecule has 1 unspecified atom stereocenters. The molecular formula is C21H23N3O3. The van der Waals surface area contributed by atoms with Crippen molar-refractivity contribution in [3.63, 3.8) is 0 Å². The fraction of sp³-hybridized carbons (Fsp3) is 0.333. The first-order valence-electron chi connectivity index (χ1n) is 9.28. The number of hydrogen-bond acceptors (Lipinski definition) is 5. The summed E-state index contributed by atoms with van der Waals surface area (Å²) in [6.45, 7) is 1.27. The molecule has 0 radical (unpaired) electrons. The lowest BCUT2D eigenvalue weighted by atomic mass is 9.98. The minimum absolute atomic E-state index is 0.112. The van der Waals surface area contributed by atoms with Crippen molar-refractivity contribution in [2.75, 3.05) is 6.61 Å². The molecule has 0 spiro atoms. The Morgan fingerprint density at radius 3 is 3.00 bits per heavy atom. The molecule has 4 rings (SSSR count). The molecular weight excluding hydrogens is 342 g/mol. The third kappa shape index (κ3) is 4.58. The number of benzene rings is 1. The highest BCUT2D eigenvalue weighted by atomic mass is 16.6. The zero-order valence-corrected chi connectivity index (χ0v) is 15.2. The first-order valence-corrected chi connectivity index (χ1v) is 9.28. The number of aryl methyl sites for hydroxylation is 2. The van der Waals surface area contributed by atoms with Crippen molar-refractivity contribution in [2.24, 2.45) is 4.99 Å². The van der Waals surface area contributed by atoms with E-state index in [2.05, 4.69) is 38.8 Å². The summed E-state index contributed by atoms with van der Waals surface area (Å²) in [7, 11) is 0. The highest BCUT2D eigenvalue weighted by molar-refractivity contribution is 5.82. The number of imidazole rings is 1. The van der Waals surface area contributed by atoms with E-state index >= 15 is 0 Å². The molecule has 1 aromatic carbocycles. The molecule has 0 saturated carbocycles. The molecule has 0 bridgehead atoms. The molecule has 0 aliphatic carbocycles. The second-order valence-electron chi connectivity index (χ2n) is 6.57. The molecule has 3 heterocycles. The highest BCUT2D eigenvalue weighted by Crippen LogP contribution is 2.31. The first kappa shape index (κ1) is 17.4. The van der Waals surface area contributed by atoms with E-state index < -0.39 is 0 Å².